The summed E-state index contributed by atoms with van der Waals surface area (Å²) in [7, 11) is 0. The van der Waals surface area contributed by atoms with Crippen molar-refractivity contribution in [1.82, 2.24) is 4.90 Å². The summed E-state index contributed by atoms with van der Waals surface area (Å²) < 4.78 is 0.0107. The lowest BCUT2D eigenvalue weighted by Crippen LogP contribution is -2.47. The molecule has 0 unspecified atom stereocenters. The predicted molar refractivity (Wildman–Crippen MR) is 82.2 cm³/mol. The first-order valence-electron chi connectivity index (χ1n) is 6.55. The van der Waals surface area contributed by atoms with E-state index in [-0.39, 0.29) is 22.1 Å². The molecule has 1 aliphatic heterocycles. The molecule has 0 radical (unpaired) electrons. The largest absolute Gasteiger partial charge is 0.507 e. The molecule has 0 spiro atoms. The van der Waals surface area contributed by atoms with Crippen LogP contribution in [0.4, 0.5) is 10.5 Å². The van der Waals surface area contributed by atoms with Gasteiger partial charge in [-0.25, -0.2) is 9.59 Å². The third kappa shape index (κ3) is 3.81. The maximum Gasteiger partial charge on any atom is 0.339 e. The Hall–Kier alpha value is -1.89. The quantitative estimate of drug-likeness (QED) is 0.730. The van der Waals surface area contributed by atoms with Crippen molar-refractivity contribution in [2.45, 2.75) is 18.6 Å². The highest BCUT2D eigenvalue weighted by Gasteiger charge is 2.29. The lowest BCUT2D eigenvalue weighted by Gasteiger charge is -2.37. The van der Waals surface area contributed by atoms with E-state index in [2.05, 4.69) is 19.2 Å². The van der Waals surface area contributed by atoms with Gasteiger partial charge >= 0.3 is 12.0 Å². The topological polar surface area (TPSA) is 89.9 Å². The Morgan fingerprint density at radius 2 is 2.10 bits per heavy atom. The summed E-state index contributed by atoms with van der Waals surface area (Å²) in [6.07, 6.45) is 0. The number of carbonyl (C=O) groups is 2. The van der Waals surface area contributed by atoms with Gasteiger partial charge in [0.2, 0.25) is 0 Å². The van der Waals surface area contributed by atoms with Gasteiger partial charge in [-0.05, 0) is 32.0 Å². The third-order valence-electron chi connectivity index (χ3n) is 3.19. The van der Waals surface area contributed by atoms with Crippen LogP contribution in [0.25, 0.3) is 0 Å². The summed E-state index contributed by atoms with van der Waals surface area (Å²) in [4.78, 5) is 24.9. The Bertz CT molecular complexity index is 574. The first kappa shape index (κ1) is 15.5. The van der Waals surface area contributed by atoms with Crippen molar-refractivity contribution in [3.63, 3.8) is 0 Å². The minimum absolute atomic E-state index is 0.0107. The molecule has 114 valence electrons. The van der Waals surface area contributed by atoms with E-state index in [0.717, 1.165) is 5.75 Å². The van der Waals surface area contributed by atoms with Crippen molar-refractivity contribution < 1.29 is 19.8 Å². The molecule has 0 bridgehead atoms. The van der Waals surface area contributed by atoms with Crippen molar-refractivity contribution in [3.05, 3.63) is 23.8 Å². The van der Waals surface area contributed by atoms with E-state index in [1.807, 2.05) is 11.8 Å². The molecule has 3 N–H and O–H groups in total. The second-order valence-corrected chi connectivity index (χ2v) is 7.30. The lowest BCUT2D eigenvalue weighted by molar-refractivity contribution is 0.0693. The average molecular weight is 310 g/mol. The average Bonchev–Trinajstić information content (AvgIpc) is 2.39. The Balaban J connectivity index is 2.09. The minimum atomic E-state index is -1.24. The number of nitrogens with zero attached hydrogens (tertiary/aromatic N) is 1. The van der Waals surface area contributed by atoms with Crippen LogP contribution in [0.5, 0.6) is 5.75 Å². The molecule has 1 aromatic rings. The van der Waals surface area contributed by atoms with Gasteiger partial charge in [-0.15, -0.1) is 0 Å². The van der Waals surface area contributed by atoms with Crippen molar-refractivity contribution in [2.75, 3.05) is 24.2 Å². The van der Waals surface area contributed by atoms with Gasteiger partial charge in [0.15, 0.2) is 0 Å². The van der Waals surface area contributed by atoms with E-state index in [9.17, 15) is 14.7 Å². The zero-order valence-electron chi connectivity index (χ0n) is 11.9. The number of anilines is 1. The molecule has 1 aromatic carbocycles. The van der Waals surface area contributed by atoms with Crippen molar-refractivity contribution in [1.29, 1.82) is 0 Å². The first-order valence-corrected chi connectivity index (χ1v) is 7.53. The van der Waals surface area contributed by atoms with Gasteiger partial charge in [-0.2, -0.15) is 11.8 Å². The fourth-order valence-corrected chi connectivity index (χ4v) is 3.29. The maximum absolute atomic E-state index is 12.2. The predicted octanol–water partition coefficient (Wildman–Crippen LogP) is 2.45. The molecule has 6 nitrogen and oxygen atoms in total. The fraction of sp³-hybridized carbons (Fsp3) is 0.429. The van der Waals surface area contributed by atoms with Gasteiger partial charge in [0.05, 0.1) is 0 Å². The third-order valence-corrected chi connectivity index (χ3v) is 4.49. The number of nitrogens with one attached hydrogen (secondary N) is 1. The summed E-state index contributed by atoms with van der Waals surface area (Å²) in [5.41, 5.74) is 0.119. The van der Waals surface area contributed by atoms with E-state index in [4.69, 9.17) is 5.11 Å². The molecule has 1 heterocycles. The Kier molecular flexibility index (Phi) is 4.32. The van der Waals surface area contributed by atoms with Gasteiger partial charge in [0, 0.05) is 29.3 Å². The Labute approximate surface area is 127 Å². The van der Waals surface area contributed by atoms with Crippen LogP contribution in [0, 0.1) is 0 Å². The van der Waals surface area contributed by atoms with Crippen LogP contribution in [0.15, 0.2) is 18.2 Å². The highest BCUT2D eigenvalue weighted by atomic mass is 32.2. The number of benzene rings is 1. The van der Waals surface area contributed by atoms with Gasteiger partial charge < -0.3 is 20.4 Å². The number of hydrogen-bond donors (Lipinski definition) is 3. The summed E-state index contributed by atoms with van der Waals surface area (Å²) in [5.74, 6) is -0.689. The van der Waals surface area contributed by atoms with Crippen LogP contribution in [-0.4, -0.2) is 50.7 Å². The minimum Gasteiger partial charge on any atom is -0.507 e. The Morgan fingerprint density at radius 1 is 1.38 bits per heavy atom. The SMILES string of the molecule is CC1(C)CN(C(=O)Nc2ccc(O)c(C(=O)O)c2)CCS1. The van der Waals surface area contributed by atoms with Crippen molar-refractivity contribution in [2.24, 2.45) is 0 Å². The second kappa shape index (κ2) is 5.85. The number of hydrogen-bond acceptors (Lipinski definition) is 4. The number of rotatable bonds is 2. The highest BCUT2D eigenvalue weighted by molar-refractivity contribution is 8.00. The van der Waals surface area contributed by atoms with Crippen LogP contribution in [0.1, 0.15) is 24.2 Å². The zero-order chi connectivity index (χ0) is 15.6. The van der Waals surface area contributed by atoms with Crippen molar-refractivity contribution in [3.8, 4) is 5.75 Å². The summed E-state index contributed by atoms with van der Waals surface area (Å²) in [6.45, 7) is 5.46. The molecule has 1 aliphatic rings. The second-order valence-electron chi connectivity index (χ2n) is 5.50. The zero-order valence-corrected chi connectivity index (χ0v) is 12.7. The number of aromatic carboxylic acids is 1. The first-order chi connectivity index (χ1) is 9.78. The van der Waals surface area contributed by atoms with Crippen LogP contribution in [0.3, 0.4) is 0 Å². The molecule has 7 heteroatoms. The molecular formula is C14H18N2O4S. The van der Waals surface area contributed by atoms with E-state index in [1.165, 1.54) is 18.2 Å². The summed E-state index contributed by atoms with van der Waals surface area (Å²) in [6, 6.07) is 3.73. The highest BCUT2D eigenvalue weighted by Crippen LogP contribution is 2.30. The molecule has 0 saturated carbocycles. The van der Waals surface area contributed by atoms with Crippen LogP contribution in [-0.2, 0) is 0 Å². The van der Waals surface area contributed by atoms with E-state index in [1.54, 1.807) is 4.90 Å². The molecule has 0 atom stereocenters. The van der Waals surface area contributed by atoms with E-state index >= 15 is 0 Å². The molecule has 1 saturated heterocycles. The molecule has 2 rings (SSSR count). The van der Waals surface area contributed by atoms with Crippen LogP contribution in [0.2, 0.25) is 0 Å². The molecule has 0 aromatic heterocycles. The summed E-state index contributed by atoms with van der Waals surface area (Å²) >= 11 is 1.82. The van der Waals surface area contributed by atoms with Gasteiger partial charge in [-0.1, -0.05) is 0 Å². The van der Waals surface area contributed by atoms with Crippen LogP contribution >= 0.6 is 11.8 Å². The van der Waals surface area contributed by atoms with Gasteiger partial charge in [0.25, 0.3) is 0 Å². The monoisotopic (exact) mass is 310 g/mol. The number of phenols is 1. The molecule has 2 amide bonds. The maximum atomic E-state index is 12.2. The summed E-state index contributed by atoms with van der Waals surface area (Å²) in [5, 5.41) is 21.1. The number of carbonyl (C=O) groups excluding carboxylic acids is 1. The van der Waals surface area contributed by atoms with Crippen molar-refractivity contribution >= 4 is 29.4 Å². The standard InChI is InChI=1S/C14H18N2O4S/c1-14(2)8-16(5-6-21-14)13(20)15-9-3-4-11(17)10(7-9)12(18)19/h3-4,7,17H,5-6,8H2,1-2H3,(H,15,20)(H,18,19). The number of carboxylic acid groups (broad SMARTS) is 1. The smallest absolute Gasteiger partial charge is 0.339 e. The Morgan fingerprint density at radius 3 is 2.71 bits per heavy atom. The van der Waals surface area contributed by atoms with E-state index in [0.29, 0.717) is 18.8 Å². The number of carboxylic acids is 1. The fourth-order valence-electron chi connectivity index (χ4n) is 2.18. The molecule has 0 aliphatic carbocycles. The van der Waals surface area contributed by atoms with Gasteiger partial charge in [0.1, 0.15) is 11.3 Å². The number of urea groups is 1. The molecule has 1 fully saturated rings. The number of thioether (sulfide) groups is 1. The lowest BCUT2D eigenvalue weighted by atomic mass is 10.1. The van der Waals surface area contributed by atoms with E-state index < -0.39 is 5.97 Å². The molecular weight excluding hydrogens is 292 g/mol. The number of aromatic hydroxyl groups is 1. The van der Waals surface area contributed by atoms with Gasteiger partial charge in [-0.3, -0.25) is 0 Å². The van der Waals surface area contributed by atoms with Crippen LogP contribution < -0.4 is 5.32 Å². The molecule has 21 heavy (non-hydrogen) atoms. The number of amides is 2. The normalized spacial score (nSPS) is 17.3.